The summed E-state index contributed by atoms with van der Waals surface area (Å²) in [5.74, 6) is 1.57. The minimum Gasteiger partial charge on any atom is -0.508 e. The number of benzene rings is 2. The number of aromatic nitrogens is 2. The summed E-state index contributed by atoms with van der Waals surface area (Å²) in [5.41, 5.74) is 3.46. The van der Waals surface area contributed by atoms with Crippen molar-refractivity contribution < 1.29 is 9.63 Å². The molecule has 0 fully saturated rings. The Bertz CT molecular complexity index is 844. The van der Waals surface area contributed by atoms with Crippen LogP contribution in [0.5, 0.6) is 5.75 Å². The Balaban J connectivity index is 1.65. The molecule has 0 aliphatic carbocycles. The third-order valence-corrected chi connectivity index (χ3v) is 4.52. The monoisotopic (exact) mass is 337 g/mol. The van der Waals surface area contributed by atoms with Crippen LogP contribution in [0.4, 0.5) is 0 Å². The maximum Gasteiger partial charge on any atom is 0.231 e. The number of hydrogen-bond donors (Lipinski definition) is 1. The first-order chi connectivity index (χ1) is 12.0. The molecule has 0 aliphatic heterocycles. The Morgan fingerprint density at radius 2 is 1.96 bits per heavy atom. The van der Waals surface area contributed by atoms with E-state index in [9.17, 15) is 5.11 Å². The molecule has 130 valence electrons. The van der Waals surface area contributed by atoms with Crippen LogP contribution in [0.2, 0.25) is 0 Å². The molecular weight excluding hydrogens is 314 g/mol. The van der Waals surface area contributed by atoms with Crippen molar-refractivity contribution in [2.45, 2.75) is 32.9 Å². The lowest BCUT2D eigenvalue weighted by Gasteiger charge is -2.23. The zero-order chi connectivity index (χ0) is 17.8. The highest BCUT2D eigenvalue weighted by molar-refractivity contribution is 5.29. The van der Waals surface area contributed by atoms with E-state index in [1.807, 2.05) is 31.3 Å². The van der Waals surface area contributed by atoms with Crippen LogP contribution in [0.25, 0.3) is 0 Å². The first kappa shape index (κ1) is 17.2. The largest absolute Gasteiger partial charge is 0.508 e. The highest BCUT2D eigenvalue weighted by atomic mass is 16.5. The highest BCUT2D eigenvalue weighted by Crippen LogP contribution is 2.23. The molecule has 25 heavy (non-hydrogen) atoms. The van der Waals surface area contributed by atoms with Gasteiger partial charge in [0.25, 0.3) is 0 Å². The van der Waals surface area contributed by atoms with Gasteiger partial charge >= 0.3 is 0 Å². The minimum absolute atomic E-state index is 0.130. The third-order valence-electron chi connectivity index (χ3n) is 4.52. The summed E-state index contributed by atoms with van der Waals surface area (Å²) < 4.78 is 5.40. The van der Waals surface area contributed by atoms with E-state index in [1.165, 1.54) is 11.1 Å². The van der Waals surface area contributed by atoms with Crippen LogP contribution in [0.1, 0.15) is 41.4 Å². The van der Waals surface area contributed by atoms with E-state index in [0.717, 1.165) is 5.56 Å². The summed E-state index contributed by atoms with van der Waals surface area (Å²) >= 11 is 0. The average Bonchev–Trinajstić information content (AvgIpc) is 3.03. The molecule has 3 aromatic rings. The molecule has 0 spiro atoms. The molecular formula is C20H23N3O2. The predicted octanol–water partition coefficient (Wildman–Crippen LogP) is 3.87. The molecule has 1 atom stereocenters. The molecule has 2 aromatic carbocycles. The van der Waals surface area contributed by atoms with Gasteiger partial charge in [-0.05, 0) is 49.7 Å². The van der Waals surface area contributed by atoms with Crippen LogP contribution in [0.15, 0.2) is 53.1 Å². The van der Waals surface area contributed by atoms with Gasteiger partial charge in [-0.25, -0.2) is 0 Å². The number of aromatic hydroxyl groups is 1. The number of rotatable bonds is 6. The van der Waals surface area contributed by atoms with Crippen molar-refractivity contribution in [3.63, 3.8) is 0 Å². The van der Waals surface area contributed by atoms with Crippen LogP contribution in [0, 0.1) is 6.92 Å². The maximum absolute atomic E-state index is 9.64. The highest BCUT2D eigenvalue weighted by Gasteiger charge is 2.16. The van der Waals surface area contributed by atoms with Gasteiger partial charge < -0.3 is 9.63 Å². The molecule has 0 unspecified atom stereocenters. The molecule has 0 bridgehead atoms. The lowest BCUT2D eigenvalue weighted by Crippen LogP contribution is -2.22. The number of nitrogens with zero attached hydrogens (tertiary/aromatic N) is 3. The molecule has 0 aliphatic rings. The topological polar surface area (TPSA) is 62.4 Å². The number of hydrogen-bond acceptors (Lipinski definition) is 5. The van der Waals surface area contributed by atoms with E-state index in [2.05, 4.69) is 41.0 Å². The minimum atomic E-state index is 0.130. The number of aryl methyl sites for hydroxylation is 1. The quantitative estimate of drug-likeness (QED) is 0.740. The van der Waals surface area contributed by atoms with Crippen molar-refractivity contribution in [3.8, 4) is 5.75 Å². The summed E-state index contributed by atoms with van der Waals surface area (Å²) in [7, 11) is 2.01. The first-order valence-electron chi connectivity index (χ1n) is 8.38. The van der Waals surface area contributed by atoms with E-state index in [1.54, 1.807) is 12.1 Å². The second-order valence-corrected chi connectivity index (χ2v) is 6.39. The number of phenols is 1. The SMILES string of the molecule is Cc1ccccc1Cc1nc(CN(C)[C@@H](C)c2cccc(O)c2)no1. The van der Waals surface area contributed by atoms with Crippen molar-refractivity contribution in [1.82, 2.24) is 15.0 Å². The molecule has 3 rings (SSSR count). The molecule has 0 saturated heterocycles. The van der Waals surface area contributed by atoms with Gasteiger partial charge in [-0.2, -0.15) is 4.98 Å². The lowest BCUT2D eigenvalue weighted by molar-refractivity contribution is 0.242. The standard InChI is InChI=1S/C20H23N3O2/c1-14-7-4-5-8-16(14)12-20-21-19(22-25-20)13-23(3)15(2)17-9-6-10-18(24)11-17/h4-11,15,24H,12-13H2,1-3H3/t15-/m0/s1. The maximum atomic E-state index is 9.64. The normalized spacial score (nSPS) is 12.5. The van der Waals surface area contributed by atoms with Crippen molar-refractivity contribution >= 4 is 0 Å². The Hall–Kier alpha value is -2.66. The lowest BCUT2D eigenvalue weighted by atomic mass is 10.1. The molecule has 5 heteroatoms. The van der Waals surface area contributed by atoms with Crippen molar-refractivity contribution in [3.05, 3.63) is 76.9 Å². The van der Waals surface area contributed by atoms with Crippen LogP contribution in [0.3, 0.4) is 0 Å². The second kappa shape index (κ2) is 7.49. The second-order valence-electron chi connectivity index (χ2n) is 6.39. The Labute approximate surface area is 147 Å². The van der Waals surface area contributed by atoms with Gasteiger partial charge in [0.05, 0.1) is 13.0 Å². The van der Waals surface area contributed by atoms with Gasteiger partial charge in [0.1, 0.15) is 5.75 Å². The summed E-state index contributed by atoms with van der Waals surface area (Å²) in [6, 6.07) is 15.6. The fourth-order valence-corrected chi connectivity index (χ4v) is 2.80. The zero-order valence-corrected chi connectivity index (χ0v) is 14.8. The molecule has 0 radical (unpaired) electrons. The van der Waals surface area contributed by atoms with Gasteiger partial charge in [0.2, 0.25) is 5.89 Å². The van der Waals surface area contributed by atoms with Crippen LogP contribution in [-0.2, 0) is 13.0 Å². The molecule has 0 amide bonds. The van der Waals surface area contributed by atoms with Gasteiger partial charge in [0, 0.05) is 6.04 Å². The van der Waals surface area contributed by atoms with Crippen molar-refractivity contribution in [1.29, 1.82) is 0 Å². The summed E-state index contributed by atoms with van der Waals surface area (Å²) in [5, 5.41) is 13.7. The summed E-state index contributed by atoms with van der Waals surface area (Å²) in [6.07, 6.45) is 0.644. The zero-order valence-electron chi connectivity index (χ0n) is 14.8. The van der Waals surface area contributed by atoms with Crippen molar-refractivity contribution in [2.75, 3.05) is 7.05 Å². The molecule has 1 N–H and O–H groups in total. The van der Waals surface area contributed by atoms with Crippen LogP contribution < -0.4 is 0 Å². The Morgan fingerprint density at radius 1 is 1.16 bits per heavy atom. The van der Waals surface area contributed by atoms with E-state index in [4.69, 9.17) is 4.52 Å². The van der Waals surface area contributed by atoms with Crippen LogP contribution in [-0.4, -0.2) is 27.2 Å². The van der Waals surface area contributed by atoms with Gasteiger partial charge in [-0.3, -0.25) is 4.90 Å². The van der Waals surface area contributed by atoms with E-state index >= 15 is 0 Å². The van der Waals surface area contributed by atoms with Gasteiger partial charge in [0.15, 0.2) is 5.82 Å². The Morgan fingerprint density at radius 3 is 2.72 bits per heavy atom. The Kier molecular flexibility index (Phi) is 5.14. The smallest absolute Gasteiger partial charge is 0.231 e. The fraction of sp³-hybridized carbons (Fsp3) is 0.300. The van der Waals surface area contributed by atoms with E-state index in [0.29, 0.717) is 24.7 Å². The summed E-state index contributed by atoms with van der Waals surface area (Å²) in [6.45, 7) is 4.74. The molecule has 5 nitrogen and oxygen atoms in total. The summed E-state index contributed by atoms with van der Waals surface area (Å²) in [4.78, 5) is 6.63. The van der Waals surface area contributed by atoms with Gasteiger partial charge in [-0.1, -0.05) is 41.6 Å². The average molecular weight is 337 g/mol. The number of phenolic OH excluding ortho intramolecular Hbond substituents is 1. The van der Waals surface area contributed by atoms with E-state index in [-0.39, 0.29) is 11.8 Å². The van der Waals surface area contributed by atoms with Crippen LogP contribution >= 0.6 is 0 Å². The van der Waals surface area contributed by atoms with Gasteiger partial charge in [-0.15, -0.1) is 0 Å². The predicted molar refractivity (Wildman–Crippen MR) is 96.3 cm³/mol. The van der Waals surface area contributed by atoms with Crippen molar-refractivity contribution in [2.24, 2.45) is 0 Å². The fourth-order valence-electron chi connectivity index (χ4n) is 2.80. The molecule has 0 saturated carbocycles. The molecule has 1 heterocycles. The van der Waals surface area contributed by atoms with E-state index < -0.39 is 0 Å². The third kappa shape index (κ3) is 4.25. The molecule has 1 aromatic heterocycles. The first-order valence-corrected chi connectivity index (χ1v) is 8.38.